The second-order valence-electron chi connectivity index (χ2n) is 4.53. The topological polar surface area (TPSA) is 32.3 Å². The number of aromatic nitrogens is 2. The minimum absolute atomic E-state index is 0.150. The van der Waals surface area contributed by atoms with Crippen LogP contribution >= 0.6 is 11.3 Å². The Labute approximate surface area is 115 Å². The monoisotopic (exact) mass is 278 g/mol. The van der Waals surface area contributed by atoms with Crippen LogP contribution in [-0.2, 0) is 0 Å². The molecule has 0 unspecified atom stereocenters. The predicted octanol–water partition coefficient (Wildman–Crippen LogP) is 2.31. The van der Waals surface area contributed by atoms with Crippen molar-refractivity contribution in [1.82, 2.24) is 10.2 Å². The van der Waals surface area contributed by atoms with Gasteiger partial charge in [0.2, 0.25) is 5.13 Å². The second-order valence-corrected chi connectivity index (χ2v) is 5.69. The molecule has 0 saturated carbocycles. The van der Waals surface area contributed by atoms with Gasteiger partial charge in [0.25, 0.3) is 0 Å². The number of hydrogen-bond donors (Lipinski definition) is 0. The van der Waals surface area contributed by atoms with Gasteiger partial charge in [-0.15, -0.1) is 10.2 Å². The van der Waals surface area contributed by atoms with E-state index in [1.54, 1.807) is 17.4 Å². The van der Waals surface area contributed by atoms with Crippen LogP contribution in [0, 0.1) is 12.7 Å². The van der Waals surface area contributed by atoms with Crippen LogP contribution in [0.5, 0.6) is 0 Å². The summed E-state index contributed by atoms with van der Waals surface area (Å²) in [7, 11) is 0. The summed E-state index contributed by atoms with van der Waals surface area (Å²) in [5, 5.41) is 10.1. The van der Waals surface area contributed by atoms with E-state index in [0.717, 1.165) is 36.3 Å². The zero-order chi connectivity index (χ0) is 13.2. The van der Waals surface area contributed by atoms with E-state index in [1.165, 1.54) is 6.07 Å². The lowest BCUT2D eigenvalue weighted by molar-refractivity contribution is 0.597. The summed E-state index contributed by atoms with van der Waals surface area (Å²) in [6.07, 6.45) is 0. The Kier molecular flexibility index (Phi) is 3.33. The van der Waals surface area contributed by atoms with Gasteiger partial charge in [0.15, 0.2) is 0 Å². The quantitative estimate of drug-likeness (QED) is 0.844. The van der Waals surface area contributed by atoms with E-state index in [9.17, 15) is 4.39 Å². The van der Waals surface area contributed by atoms with Crippen molar-refractivity contribution >= 4 is 22.2 Å². The number of nitrogens with zero attached hydrogens (tertiary/aromatic N) is 4. The first-order valence-electron chi connectivity index (χ1n) is 6.28. The molecule has 19 heavy (non-hydrogen) atoms. The van der Waals surface area contributed by atoms with Crippen LogP contribution in [0.4, 0.5) is 15.2 Å². The predicted molar refractivity (Wildman–Crippen MR) is 75.5 cm³/mol. The summed E-state index contributed by atoms with van der Waals surface area (Å²) in [6.45, 7) is 5.27. The largest absolute Gasteiger partial charge is 0.366 e. The van der Waals surface area contributed by atoms with Crippen LogP contribution in [0.1, 0.15) is 5.01 Å². The molecule has 0 aliphatic carbocycles. The molecular weight excluding hydrogens is 263 g/mol. The Hall–Kier alpha value is -1.69. The van der Waals surface area contributed by atoms with Gasteiger partial charge in [-0.05, 0) is 19.1 Å². The van der Waals surface area contributed by atoms with E-state index >= 15 is 0 Å². The third-order valence-corrected chi connectivity index (χ3v) is 4.16. The highest BCUT2D eigenvalue weighted by atomic mass is 32.1. The molecule has 0 atom stereocenters. The van der Waals surface area contributed by atoms with Crippen molar-refractivity contribution < 1.29 is 4.39 Å². The molecule has 2 heterocycles. The molecule has 1 saturated heterocycles. The molecule has 1 aromatic heterocycles. The summed E-state index contributed by atoms with van der Waals surface area (Å²) in [5.41, 5.74) is 0.690. The first-order chi connectivity index (χ1) is 9.24. The van der Waals surface area contributed by atoms with Crippen molar-refractivity contribution in [2.24, 2.45) is 0 Å². The van der Waals surface area contributed by atoms with Crippen molar-refractivity contribution in [3.8, 4) is 0 Å². The van der Waals surface area contributed by atoms with E-state index in [1.807, 2.05) is 19.1 Å². The van der Waals surface area contributed by atoms with E-state index in [0.29, 0.717) is 5.69 Å². The molecule has 1 fully saturated rings. The first-order valence-corrected chi connectivity index (χ1v) is 7.10. The summed E-state index contributed by atoms with van der Waals surface area (Å²) in [6, 6.07) is 6.94. The number of hydrogen-bond acceptors (Lipinski definition) is 5. The van der Waals surface area contributed by atoms with E-state index < -0.39 is 0 Å². The smallest absolute Gasteiger partial charge is 0.208 e. The molecule has 3 rings (SSSR count). The third-order valence-electron chi connectivity index (χ3n) is 3.26. The Morgan fingerprint density at radius 3 is 2.37 bits per heavy atom. The number of rotatable bonds is 2. The molecule has 0 N–H and O–H groups in total. The van der Waals surface area contributed by atoms with Gasteiger partial charge in [-0.3, -0.25) is 0 Å². The number of aryl methyl sites for hydroxylation is 1. The number of halogens is 1. The second kappa shape index (κ2) is 5.13. The van der Waals surface area contributed by atoms with Crippen molar-refractivity contribution in [2.75, 3.05) is 36.0 Å². The summed E-state index contributed by atoms with van der Waals surface area (Å²) < 4.78 is 13.7. The SMILES string of the molecule is Cc1nnc(N2CCN(c3ccccc3F)CC2)s1. The molecular formula is C13H15FN4S. The highest BCUT2D eigenvalue weighted by Crippen LogP contribution is 2.24. The molecule has 6 heteroatoms. The third kappa shape index (κ3) is 2.53. The van der Waals surface area contributed by atoms with Gasteiger partial charge in [0.05, 0.1) is 5.69 Å². The van der Waals surface area contributed by atoms with Gasteiger partial charge in [-0.1, -0.05) is 23.5 Å². The number of piperazine rings is 1. The van der Waals surface area contributed by atoms with E-state index in [4.69, 9.17) is 0 Å². The van der Waals surface area contributed by atoms with Crippen molar-refractivity contribution in [3.05, 3.63) is 35.1 Å². The van der Waals surface area contributed by atoms with Gasteiger partial charge in [0.1, 0.15) is 10.8 Å². The maximum Gasteiger partial charge on any atom is 0.208 e. The zero-order valence-electron chi connectivity index (χ0n) is 10.7. The fraction of sp³-hybridized carbons (Fsp3) is 0.385. The Morgan fingerprint density at radius 1 is 1.05 bits per heavy atom. The number of anilines is 2. The van der Waals surface area contributed by atoms with Gasteiger partial charge in [-0.25, -0.2) is 4.39 Å². The van der Waals surface area contributed by atoms with Crippen LogP contribution in [0.25, 0.3) is 0 Å². The van der Waals surface area contributed by atoms with Gasteiger partial charge in [-0.2, -0.15) is 0 Å². The highest BCUT2D eigenvalue weighted by Gasteiger charge is 2.21. The standard InChI is InChI=1S/C13H15FN4S/c1-10-15-16-13(19-10)18-8-6-17(7-9-18)12-5-3-2-4-11(12)14/h2-5H,6-9H2,1H3. The molecule has 0 radical (unpaired) electrons. The molecule has 1 aliphatic rings. The van der Waals surface area contributed by atoms with Gasteiger partial charge in [0, 0.05) is 26.2 Å². The number of para-hydroxylation sites is 1. The van der Waals surface area contributed by atoms with Crippen LogP contribution in [0.15, 0.2) is 24.3 Å². The molecule has 0 spiro atoms. The van der Waals surface area contributed by atoms with E-state index in [2.05, 4.69) is 20.0 Å². The fourth-order valence-electron chi connectivity index (χ4n) is 2.26. The van der Waals surface area contributed by atoms with Crippen molar-refractivity contribution in [3.63, 3.8) is 0 Å². The molecule has 0 amide bonds. The minimum atomic E-state index is -0.150. The van der Waals surface area contributed by atoms with Crippen LogP contribution in [0.2, 0.25) is 0 Å². The summed E-state index contributed by atoms with van der Waals surface area (Å²) >= 11 is 1.61. The molecule has 2 aromatic rings. The maximum absolute atomic E-state index is 13.7. The fourth-order valence-corrected chi connectivity index (χ4v) is 3.00. The molecule has 1 aromatic carbocycles. The van der Waals surface area contributed by atoms with Crippen molar-refractivity contribution in [1.29, 1.82) is 0 Å². The first kappa shape index (κ1) is 12.3. The highest BCUT2D eigenvalue weighted by molar-refractivity contribution is 7.15. The lowest BCUT2D eigenvalue weighted by Gasteiger charge is -2.35. The Balaban J connectivity index is 1.68. The summed E-state index contributed by atoms with van der Waals surface area (Å²) in [4.78, 5) is 4.29. The van der Waals surface area contributed by atoms with Gasteiger partial charge < -0.3 is 9.80 Å². The molecule has 100 valence electrons. The number of benzene rings is 1. The lowest BCUT2D eigenvalue weighted by atomic mass is 10.2. The average molecular weight is 278 g/mol. The van der Waals surface area contributed by atoms with Crippen LogP contribution in [0.3, 0.4) is 0 Å². The lowest BCUT2D eigenvalue weighted by Crippen LogP contribution is -2.46. The molecule has 1 aliphatic heterocycles. The van der Waals surface area contributed by atoms with E-state index in [-0.39, 0.29) is 5.82 Å². The van der Waals surface area contributed by atoms with Gasteiger partial charge >= 0.3 is 0 Å². The Morgan fingerprint density at radius 2 is 1.74 bits per heavy atom. The van der Waals surface area contributed by atoms with Crippen LogP contribution < -0.4 is 9.80 Å². The minimum Gasteiger partial charge on any atom is -0.366 e. The van der Waals surface area contributed by atoms with Crippen LogP contribution in [-0.4, -0.2) is 36.4 Å². The average Bonchev–Trinajstić information content (AvgIpc) is 2.86. The molecule has 4 nitrogen and oxygen atoms in total. The van der Waals surface area contributed by atoms with Crippen molar-refractivity contribution in [2.45, 2.75) is 6.92 Å². The Bertz CT molecular complexity index is 563. The maximum atomic E-state index is 13.7. The normalized spacial score (nSPS) is 15.9. The molecule has 0 bridgehead atoms. The summed E-state index contributed by atoms with van der Waals surface area (Å²) in [5.74, 6) is -0.150. The zero-order valence-corrected chi connectivity index (χ0v) is 11.5.